The van der Waals surface area contributed by atoms with Crippen LogP contribution in [-0.4, -0.2) is 36.1 Å². The van der Waals surface area contributed by atoms with Gasteiger partial charge in [0.1, 0.15) is 12.4 Å². The van der Waals surface area contributed by atoms with Gasteiger partial charge in [-0.2, -0.15) is 0 Å². The molecule has 0 aliphatic carbocycles. The molecule has 0 radical (unpaired) electrons. The minimum atomic E-state index is 0.344. The van der Waals surface area contributed by atoms with Crippen molar-refractivity contribution in [1.82, 2.24) is 4.90 Å². The van der Waals surface area contributed by atoms with E-state index in [-0.39, 0.29) is 0 Å². The molecule has 0 heterocycles. The molecule has 5 heteroatoms. The molecule has 0 amide bonds. The van der Waals surface area contributed by atoms with Crippen LogP contribution in [0.2, 0.25) is 0 Å². The molecule has 3 nitrogen and oxygen atoms in total. The zero-order valence-corrected chi connectivity index (χ0v) is 13.1. The lowest BCUT2D eigenvalue weighted by atomic mass is 10.2. The molecule has 0 fully saturated rings. The van der Waals surface area contributed by atoms with Crippen LogP contribution in [0.15, 0.2) is 28.7 Å². The molecule has 1 aromatic rings. The van der Waals surface area contributed by atoms with Crippen LogP contribution in [-0.2, 0) is 0 Å². The van der Waals surface area contributed by atoms with E-state index in [0.717, 1.165) is 23.2 Å². The standard InChI is InChI=1S/C13H19BrN2OS/c1-10(9-13(15)18)16(2)7-8-17-12-5-3-11(14)4-6-12/h3-6,10H,7-9H2,1-2H3,(H2,15,18). The first-order valence-corrected chi connectivity index (χ1v) is 7.06. The minimum absolute atomic E-state index is 0.344. The molecule has 1 unspecified atom stereocenters. The van der Waals surface area contributed by atoms with Gasteiger partial charge >= 0.3 is 0 Å². The summed E-state index contributed by atoms with van der Waals surface area (Å²) in [6.45, 7) is 3.61. The predicted molar refractivity (Wildman–Crippen MR) is 83.1 cm³/mol. The number of rotatable bonds is 7. The first kappa shape index (κ1) is 15.4. The third-order valence-electron chi connectivity index (χ3n) is 2.78. The number of halogens is 1. The molecule has 100 valence electrons. The first-order chi connectivity index (χ1) is 8.49. The van der Waals surface area contributed by atoms with Crippen LogP contribution in [0.3, 0.4) is 0 Å². The molecule has 1 rings (SSSR count). The third kappa shape index (κ3) is 5.80. The maximum Gasteiger partial charge on any atom is 0.119 e. The van der Waals surface area contributed by atoms with Crippen LogP contribution in [0.4, 0.5) is 0 Å². The van der Waals surface area contributed by atoms with Gasteiger partial charge in [0.2, 0.25) is 0 Å². The van der Waals surface area contributed by atoms with Crippen LogP contribution in [0, 0.1) is 0 Å². The SMILES string of the molecule is CC(CC(N)=S)N(C)CCOc1ccc(Br)cc1. The Hall–Kier alpha value is -0.650. The molecule has 1 atom stereocenters. The van der Waals surface area contributed by atoms with Gasteiger partial charge in [0.05, 0.1) is 4.99 Å². The third-order valence-corrected chi connectivity index (χ3v) is 3.47. The summed E-state index contributed by atoms with van der Waals surface area (Å²) in [5.74, 6) is 0.883. The maximum absolute atomic E-state index is 5.66. The summed E-state index contributed by atoms with van der Waals surface area (Å²) >= 11 is 8.30. The predicted octanol–water partition coefficient (Wildman–Crippen LogP) is 2.82. The average molecular weight is 331 g/mol. The van der Waals surface area contributed by atoms with E-state index in [2.05, 4.69) is 27.8 Å². The van der Waals surface area contributed by atoms with Gasteiger partial charge in [-0.15, -0.1) is 0 Å². The van der Waals surface area contributed by atoms with Gasteiger partial charge in [0.25, 0.3) is 0 Å². The Balaban J connectivity index is 2.28. The number of nitrogens with two attached hydrogens (primary N) is 1. The van der Waals surface area contributed by atoms with Crippen molar-refractivity contribution < 1.29 is 4.74 Å². The highest BCUT2D eigenvalue weighted by Gasteiger charge is 2.09. The second-order valence-corrected chi connectivity index (χ2v) is 5.74. The van der Waals surface area contributed by atoms with Crippen molar-refractivity contribution in [2.45, 2.75) is 19.4 Å². The van der Waals surface area contributed by atoms with Crippen molar-refractivity contribution in [2.75, 3.05) is 20.2 Å². The van der Waals surface area contributed by atoms with Gasteiger partial charge in [0.15, 0.2) is 0 Å². The van der Waals surface area contributed by atoms with Crippen LogP contribution in [0.1, 0.15) is 13.3 Å². The van der Waals surface area contributed by atoms with E-state index in [1.165, 1.54) is 0 Å². The second-order valence-electron chi connectivity index (χ2n) is 4.30. The van der Waals surface area contributed by atoms with E-state index in [4.69, 9.17) is 22.7 Å². The van der Waals surface area contributed by atoms with E-state index < -0.39 is 0 Å². The topological polar surface area (TPSA) is 38.5 Å². The molecule has 0 spiro atoms. The number of nitrogens with zero attached hydrogens (tertiary/aromatic N) is 1. The Morgan fingerprint density at radius 2 is 2.06 bits per heavy atom. The van der Waals surface area contributed by atoms with Crippen molar-refractivity contribution in [2.24, 2.45) is 5.73 Å². The summed E-state index contributed by atoms with van der Waals surface area (Å²) in [5.41, 5.74) is 5.53. The molecule has 1 aromatic carbocycles. The molecular formula is C13H19BrN2OS. The summed E-state index contributed by atoms with van der Waals surface area (Å²) in [6, 6.07) is 8.17. The lowest BCUT2D eigenvalue weighted by molar-refractivity contribution is 0.203. The average Bonchev–Trinajstić information content (AvgIpc) is 2.30. The summed E-state index contributed by atoms with van der Waals surface area (Å²) in [5, 5.41) is 0. The summed E-state index contributed by atoms with van der Waals surface area (Å²) in [6.07, 6.45) is 0.740. The molecular weight excluding hydrogens is 312 g/mol. The van der Waals surface area contributed by atoms with E-state index >= 15 is 0 Å². The minimum Gasteiger partial charge on any atom is -0.492 e. The fourth-order valence-corrected chi connectivity index (χ4v) is 2.01. The van der Waals surface area contributed by atoms with E-state index in [1.54, 1.807) is 0 Å². The second kappa shape index (κ2) is 7.71. The van der Waals surface area contributed by atoms with Gasteiger partial charge in [-0.1, -0.05) is 28.1 Å². The first-order valence-electron chi connectivity index (χ1n) is 5.86. The maximum atomic E-state index is 5.66. The Bertz CT molecular complexity index is 383. The monoisotopic (exact) mass is 330 g/mol. The number of benzene rings is 1. The van der Waals surface area contributed by atoms with Crippen LogP contribution < -0.4 is 10.5 Å². The molecule has 0 aliphatic heterocycles. The van der Waals surface area contributed by atoms with Crippen LogP contribution in [0.25, 0.3) is 0 Å². The van der Waals surface area contributed by atoms with Gasteiger partial charge < -0.3 is 10.5 Å². The molecule has 0 bridgehead atoms. The fraction of sp³-hybridized carbons (Fsp3) is 0.462. The lowest BCUT2D eigenvalue weighted by Crippen LogP contribution is -2.35. The van der Waals surface area contributed by atoms with Gasteiger partial charge in [-0.05, 0) is 38.2 Å². The van der Waals surface area contributed by atoms with E-state index in [9.17, 15) is 0 Å². The van der Waals surface area contributed by atoms with E-state index in [1.807, 2.05) is 31.3 Å². The fourth-order valence-electron chi connectivity index (χ4n) is 1.51. The zero-order valence-electron chi connectivity index (χ0n) is 10.7. The molecule has 0 saturated carbocycles. The summed E-state index contributed by atoms with van der Waals surface area (Å²) in [7, 11) is 2.05. The summed E-state index contributed by atoms with van der Waals surface area (Å²) in [4.78, 5) is 2.75. The smallest absolute Gasteiger partial charge is 0.119 e. The lowest BCUT2D eigenvalue weighted by Gasteiger charge is -2.24. The Kier molecular flexibility index (Phi) is 6.60. The largest absolute Gasteiger partial charge is 0.492 e. The Labute approximate surface area is 122 Å². The number of ether oxygens (including phenoxy) is 1. The number of hydrogen-bond acceptors (Lipinski definition) is 3. The molecule has 0 aliphatic rings. The Morgan fingerprint density at radius 3 is 2.61 bits per heavy atom. The van der Waals surface area contributed by atoms with Crippen molar-refractivity contribution in [1.29, 1.82) is 0 Å². The molecule has 0 saturated heterocycles. The number of thiocarbonyl (C=S) groups is 1. The molecule has 2 N–H and O–H groups in total. The Morgan fingerprint density at radius 1 is 1.44 bits per heavy atom. The summed E-state index contributed by atoms with van der Waals surface area (Å²) < 4.78 is 6.71. The number of likely N-dealkylation sites (N-methyl/N-ethyl adjacent to an activating group) is 1. The van der Waals surface area contributed by atoms with Crippen LogP contribution in [0.5, 0.6) is 5.75 Å². The van der Waals surface area contributed by atoms with E-state index in [0.29, 0.717) is 17.6 Å². The number of hydrogen-bond donors (Lipinski definition) is 1. The zero-order chi connectivity index (χ0) is 13.5. The van der Waals surface area contributed by atoms with Gasteiger partial charge in [-0.3, -0.25) is 4.90 Å². The molecule has 0 aromatic heterocycles. The molecule has 18 heavy (non-hydrogen) atoms. The normalized spacial score (nSPS) is 12.4. The van der Waals surface area contributed by atoms with Crippen molar-refractivity contribution in [3.8, 4) is 5.75 Å². The highest BCUT2D eigenvalue weighted by molar-refractivity contribution is 9.10. The quantitative estimate of drug-likeness (QED) is 0.780. The van der Waals surface area contributed by atoms with Crippen molar-refractivity contribution in [3.63, 3.8) is 0 Å². The highest BCUT2D eigenvalue weighted by atomic mass is 79.9. The van der Waals surface area contributed by atoms with Crippen LogP contribution >= 0.6 is 28.1 Å². The van der Waals surface area contributed by atoms with Gasteiger partial charge in [-0.25, -0.2) is 0 Å². The van der Waals surface area contributed by atoms with Gasteiger partial charge in [0, 0.05) is 23.5 Å². The van der Waals surface area contributed by atoms with Crippen molar-refractivity contribution >= 4 is 33.1 Å². The highest BCUT2D eigenvalue weighted by Crippen LogP contribution is 2.16. The van der Waals surface area contributed by atoms with Crippen molar-refractivity contribution in [3.05, 3.63) is 28.7 Å².